The molecule has 0 aliphatic rings. The number of carbonyl (C=O) groups excluding carboxylic acids is 2. The lowest BCUT2D eigenvalue weighted by Gasteiger charge is -2.16. The van der Waals surface area contributed by atoms with Crippen molar-refractivity contribution in [3.05, 3.63) is 29.6 Å². The Kier molecular flexibility index (Phi) is 6.92. The lowest BCUT2D eigenvalue weighted by atomic mass is 10.2. The molecule has 1 heterocycles. The van der Waals surface area contributed by atoms with Crippen LogP contribution < -0.4 is 5.73 Å². The molecule has 0 radical (unpaired) electrons. The van der Waals surface area contributed by atoms with Crippen molar-refractivity contribution in [3.63, 3.8) is 0 Å². The van der Waals surface area contributed by atoms with E-state index in [4.69, 9.17) is 5.73 Å². The molecule has 6 nitrogen and oxygen atoms in total. The van der Waals surface area contributed by atoms with Crippen molar-refractivity contribution in [2.24, 2.45) is 5.73 Å². The minimum Gasteiger partial charge on any atom is -0.469 e. The molecule has 0 aromatic carbocycles. The van der Waals surface area contributed by atoms with Crippen LogP contribution in [0.25, 0.3) is 0 Å². The molecule has 0 aliphatic carbocycles. The maximum absolute atomic E-state index is 12.2. The molecule has 1 rings (SSSR count). The van der Waals surface area contributed by atoms with Crippen molar-refractivity contribution in [1.29, 1.82) is 0 Å². The second kappa shape index (κ2) is 8.72. The number of hydrogen-bond donors (Lipinski definition) is 1. The molecule has 0 atom stereocenters. The van der Waals surface area contributed by atoms with Gasteiger partial charge in [-0.05, 0) is 12.5 Å². The van der Waals surface area contributed by atoms with Crippen molar-refractivity contribution in [1.82, 2.24) is 9.88 Å². The summed E-state index contributed by atoms with van der Waals surface area (Å²) in [5, 5.41) is 0. The summed E-state index contributed by atoms with van der Waals surface area (Å²) in [5.74, 6) is 5.11. The number of hydrogen-bond acceptors (Lipinski definition) is 5. The molecule has 1 amide bonds. The highest BCUT2D eigenvalue weighted by Gasteiger charge is 2.12. The molecule has 0 aliphatic heterocycles. The number of rotatable bonds is 5. The number of nitrogens with two attached hydrogens (primary N) is 1. The second-order valence-electron chi connectivity index (χ2n) is 4.37. The summed E-state index contributed by atoms with van der Waals surface area (Å²) >= 11 is 0. The smallest absolute Gasteiger partial charge is 0.305 e. The number of ether oxygens (including phenoxy) is 1. The average molecular weight is 289 g/mol. The predicted molar refractivity (Wildman–Crippen MR) is 78.4 cm³/mol. The fourth-order valence-corrected chi connectivity index (χ4v) is 1.66. The molecule has 1 aromatic heterocycles. The van der Waals surface area contributed by atoms with Crippen LogP contribution in [0.15, 0.2) is 18.5 Å². The number of aromatic nitrogens is 1. The Balaban J connectivity index is 2.63. The van der Waals surface area contributed by atoms with E-state index in [9.17, 15) is 9.59 Å². The second-order valence-corrected chi connectivity index (χ2v) is 4.37. The average Bonchev–Trinajstić information content (AvgIpc) is 2.52. The third kappa shape index (κ3) is 5.63. The van der Waals surface area contributed by atoms with Crippen LogP contribution in [0.4, 0.5) is 0 Å². The standard InChI is InChI=1S/C15H19N3O3/c1-18(8-4-6-14(19)21-2)15(20)13-9-12(5-3-7-16)10-17-11-13/h9-11H,4,6-8,16H2,1-2H3. The summed E-state index contributed by atoms with van der Waals surface area (Å²) in [7, 11) is 3.02. The van der Waals surface area contributed by atoms with E-state index in [1.54, 1.807) is 24.2 Å². The van der Waals surface area contributed by atoms with E-state index in [-0.39, 0.29) is 24.8 Å². The van der Waals surface area contributed by atoms with Crippen LogP contribution in [0.2, 0.25) is 0 Å². The minimum atomic E-state index is -0.281. The first-order valence-electron chi connectivity index (χ1n) is 6.54. The van der Waals surface area contributed by atoms with Crippen LogP contribution in [0.3, 0.4) is 0 Å². The highest BCUT2D eigenvalue weighted by Crippen LogP contribution is 2.06. The molecule has 0 fully saturated rings. The third-order valence-electron chi connectivity index (χ3n) is 2.77. The topological polar surface area (TPSA) is 85.5 Å². The summed E-state index contributed by atoms with van der Waals surface area (Å²) in [5.41, 5.74) is 6.41. The summed E-state index contributed by atoms with van der Waals surface area (Å²) in [6, 6.07) is 1.68. The number of methoxy groups -OCH3 is 1. The van der Waals surface area contributed by atoms with Gasteiger partial charge in [0.25, 0.3) is 5.91 Å². The Hall–Kier alpha value is -2.39. The van der Waals surface area contributed by atoms with Crippen LogP contribution in [0.1, 0.15) is 28.8 Å². The largest absolute Gasteiger partial charge is 0.469 e. The zero-order chi connectivity index (χ0) is 15.7. The molecular weight excluding hydrogens is 270 g/mol. The highest BCUT2D eigenvalue weighted by atomic mass is 16.5. The van der Waals surface area contributed by atoms with Gasteiger partial charge in [0.15, 0.2) is 0 Å². The summed E-state index contributed by atoms with van der Waals surface area (Å²) in [6.07, 6.45) is 3.91. The van der Waals surface area contributed by atoms with Gasteiger partial charge >= 0.3 is 5.97 Å². The van der Waals surface area contributed by atoms with Crippen molar-refractivity contribution in [2.45, 2.75) is 12.8 Å². The van der Waals surface area contributed by atoms with E-state index < -0.39 is 0 Å². The first-order valence-corrected chi connectivity index (χ1v) is 6.54. The Morgan fingerprint density at radius 1 is 1.43 bits per heavy atom. The number of amides is 1. The van der Waals surface area contributed by atoms with Crippen LogP contribution >= 0.6 is 0 Å². The zero-order valence-electron chi connectivity index (χ0n) is 12.3. The van der Waals surface area contributed by atoms with E-state index in [2.05, 4.69) is 21.6 Å². The number of esters is 1. The fraction of sp³-hybridized carbons (Fsp3) is 0.400. The lowest BCUT2D eigenvalue weighted by Crippen LogP contribution is -2.28. The maximum atomic E-state index is 12.2. The van der Waals surface area contributed by atoms with Gasteiger partial charge in [-0.25, -0.2) is 0 Å². The normalized spacial score (nSPS) is 9.48. The molecule has 0 saturated carbocycles. The zero-order valence-corrected chi connectivity index (χ0v) is 12.3. The van der Waals surface area contributed by atoms with Crippen molar-refractivity contribution >= 4 is 11.9 Å². The molecule has 2 N–H and O–H groups in total. The van der Waals surface area contributed by atoms with Crippen molar-refractivity contribution < 1.29 is 14.3 Å². The molecule has 0 spiro atoms. The van der Waals surface area contributed by atoms with Gasteiger partial charge in [-0.2, -0.15) is 0 Å². The maximum Gasteiger partial charge on any atom is 0.305 e. The summed E-state index contributed by atoms with van der Waals surface area (Å²) in [6.45, 7) is 0.720. The van der Waals surface area contributed by atoms with Gasteiger partial charge in [0.2, 0.25) is 0 Å². The Bertz CT molecular complexity index is 561. The molecule has 112 valence electrons. The van der Waals surface area contributed by atoms with E-state index in [0.29, 0.717) is 24.1 Å². The Morgan fingerprint density at radius 2 is 2.19 bits per heavy atom. The third-order valence-corrected chi connectivity index (χ3v) is 2.77. The molecule has 0 unspecified atom stereocenters. The first kappa shape index (κ1) is 16.7. The number of nitrogens with zero attached hydrogens (tertiary/aromatic N) is 2. The van der Waals surface area contributed by atoms with Gasteiger partial charge in [-0.1, -0.05) is 11.8 Å². The molecule has 1 aromatic rings. The van der Waals surface area contributed by atoms with E-state index in [1.807, 2.05) is 0 Å². The van der Waals surface area contributed by atoms with Gasteiger partial charge in [0.1, 0.15) is 0 Å². The summed E-state index contributed by atoms with van der Waals surface area (Å²) < 4.78 is 4.55. The van der Waals surface area contributed by atoms with Crippen LogP contribution in [-0.2, 0) is 9.53 Å². The number of carbonyl (C=O) groups is 2. The van der Waals surface area contributed by atoms with Crippen LogP contribution in [0.5, 0.6) is 0 Å². The van der Waals surface area contributed by atoms with Gasteiger partial charge < -0.3 is 15.4 Å². The Labute approximate surface area is 124 Å². The first-order chi connectivity index (χ1) is 10.1. The molecule has 6 heteroatoms. The highest BCUT2D eigenvalue weighted by molar-refractivity contribution is 5.94. The van der Waals surface area contributed by atoms with Gasteiger partial charge in [0, 0.05) is 38.0 Å². The molecule has 0 bridgehead atoms. The van der Waals surface area contributed by atoms with E-state index in [1.165, 1.54) is 13.3 Å². The molecular formula is C15H19N3O3. The lowest BCUT2D eigenvalue weighted by molar-refractivity contribution is -0.140. The monoisotopic (exact) mass is 289 g/mol. The van der Waals surface area contributed by atoms with Gasteiger partial charge in [-0.3, -0.25) is 14.6 Å². The van der Waals surface area contributed by atoms with Gasteiger partial charge in [0.05, 0.1) is 19.2 Å². The molecule has 0 saturated heterocycles. The number of pyridine rings is 1. The van der Waals surface area contributed by atoms with Crippen LogP contribution in [0, 0.1) is 11.8 Å². The van der Waals surface area contributed by atoms with Crippen LogP contribution in [-0.4, -0.2) is 49.0 Å². The molecule has 21 heavy (non-hydrogen) atoms. The summed E-state index contributed by atoms with van der Waals surface area (Å²) in [4.78, 5) is 28.8. The van der Waals surface area contributed by atoms with Gasteiger partial charge in [-0.15, -0.1) is 0 Å². The fourth-order valence-electron chi connectivity index (χ4n) is 1.66. The SMILES string of the molecule is COC(=O)CCCN(C)C(=O)c1cncc(C#CCN)c1. The Morgan fingerprint density at radius 3 is 2.86 bits per heavy atom. The van der Waals surface area contributed by atoms with E-state index in [0.717, 1.165) is 0 Å². The van der Waals surface area contributed by atoms with E-state index >= 15 is 0 Å². The van der Waals surface area contributed by atoms with Crippen molar-refractivity contribution in [2.75, 3.05) is 27.2 Å². The minimum absolute atomic E-state index is 0.163. The van der Waals surface area contributed by atoms with Crippen molar-refractivity contribution in [3.8, 4) is 11.8 Å². The predicted octanol–water partition coefficient (Wildman–Crippen LogP) is 0.417. The quantitative estimate of drug-likeness (QED) is 0.627.